The molecule has 0 fully saturated rings. The second-order valence-electron chi connectivity index (χ2n) is 4.85. The maximum Gasteiger partial charge on any atom is 0.338 e. The smallest absolute Gasteiger partial charge is 0.338 e. The number of aliphatic hydroxyl groups is 1. The molecule has 0 aliphatic rings. The lowest BCUT2D eigenvalue weighted by atomic mass is 9.93. The Bertz CT molecular complexity index is 504. The molecular formula is C16H20O3. The molecule has 0 saturated carbocycles. The zero-order chi connectivity index (χ0) is 14.5. The first-order valence-corrected chi connectivity index (χ1v) is 6.39. The van der Waals surface area contributed by atoms with Gasteiger partial charge in [-0.1, -0.05) is 31.8 Å². The van der Waals surface area contributed by atoms with Gasteiger partial charge in [0.2, 0.25) is 0 Å². The Labute approximate surface area is 114 Å². The highest BCUT2D eigenvalue weighted by Crippen LogP contribution is 2.15. The number of hydrogen-bond donors (Lipinski definition) is 1. The first-order valence-electron chi connectivity index (χ1n) is 6.39. The van der Waals surface area contributed by atoms with Crippen molar-refractivity contribution in [2.75, 3.05) is 6.61 Å². The normalized spacial score (nSPS) is 13.4. The lowest BCUT2D eigenvalue weighted by Crippen LogP contribution is -2.28. The van der Waals surface area contributed by atoms with E-state index in [2.05, 4.69) is 11.8 Å². The maximum absolute atomic E-state index is 11.6. The van der Waals surface area contributed by atoms with Gasteiger partial charge in [-0.25, -0.2) is 4.79 Å². The Hall–Kier alpha value is -1.79. The van der Waals surface area contributed by atoms with Gasteiger partial charge in [-0.3, -0.25) is 0 Å². The van der Waals surface area contributed by atoms with E-state index in [0.29, 0.717) is 17.7 Å². The van der Waals surface area contributed by atoms with Crippen molar-refractivity contribution in [2.45, 2.75) is 33.3 Å². The minimum Gasteiger partial charge on any atom is -0.462 e. The van der Waals surface area contributed by atoms with Crippen LogP contribution in [-0.4, -0.2) is 23.3 Å². The van der Waals surface area contributed by atoms with E-state index >= 15 is 0 Å². The van der Waals surface area contributed by atoms with Crippen LogP contribution in [0.4, 0.5) is 0 Å². The molecule has 3 nitrogen and oxygen atoms in total. The highest BCUT2D eigenvalue weighted by atomic mass is 16.5. The van der Waals surface area contributed by atoms with Gasteiger partial charge in [0, 0.05) is 5.56 Å². The molecule has 0 heterocycles. The van der Waals surface area contributed by atoms with Crippen LogP contribution in [0.25, 0.3) is 0 Å². The Kier molecular flexibility index (Phi) is 5.14. The van der Waals surface area contributed by atoms with Crippen LogP contribution in [0.1, 0.15) is 43.6 Å². The van der Waals surface area contributed by atoms with Gasteiger partial charge in [-0.05, 0) is 38.0 Å². The van der Waals surface area contributed by atoms with E-state index in [1.165, 1.54) is 0 Å². The highest BCUT2D eigenvalue weighted by Gasteiger charge is 2.21. The average molecular weight is 260 g/mol. The van der Waals surface area contributed by atoms with Crippen molar-refractivity contribution in [3.63, 3.8) is 0 Å². The molecule has 0 aliphatic carbocycles. The summed E-state index contributed by atoms with van der Waals surface area (Å²) in [5.41, 5.74) is 0.115. The summed E-state index contributed by atoms with van der Waals surface area (Å²) in [6.45, 7) is 7.60. The number of carbonyl (C=O) groups excluding carboxylic acids is 1. The Morgan fingerprint density at radius 1 is 1.47 bits per heavy atom. The molecule has 1 rings (SSSR count). The molecular weight excluding hydrogens is 240 g/mol. The van der Waals surface area contributed by atoms with Crippen molar-refractivity contribution in [3.05, 3.63) is 35.4 Å². The molecule has 1 N–H and O–H groups in total. The van der Waals surface area contributed by atoms with Crippen molar-refractivity contribution in [1.29, 1.82) is 0 Å². The van der Waals surface area contributed by atoms with E-state index in [4.69, 9.17) is 4.74 Å². The molecule has 3 heteroatoms. The highest BCUT2D eigenvalue weighted by molar-refractivity contribution is 5.89. The lowest BCUT2D eigenvalue weighted by Gasteiger charge is -2.20. The van der Waals surface area contributed by atoms with Crippen LogP contribution in [0.2, 0.25) is 0 Å². The van der Waals surface area contributed by atoms with Gasteiger partial charge in [0.05, 0.1) is 12.2 Å². The van der Waals surface area contributed by atoms with E-state index in [1.807, 2.05) is 13.8 Å². The van der Waals surface area contributed by atoms with Crippen molar-refractivity contribution in [2.24, 2.45) is 5.92 Å². The summed E-state index contributed by atoms with van der Waals surface area (Å²) in [6.07, 6.45) is 0. The first-order chi connectivity index (χ1) is 8.86. The third-order valence-corrected chi connectivity index (χ3v) is 2.96. The summed E-state index contributed by atoms with van der Waals surface area (Å²) in [5.74, 6) is 5.40. The summed E-state index contributed by atoms with van der Waals surface area (Å²) in [6, 6.07) is 6.90. The predicted molar refractivity (Wildman–Crippen MR) is 74.7 cm³/mol. The summed E-state index contributed by atoms with van der Waals surface area (Å²) >= 11 is 0. The standard InChI is InChI=1S/C16H20O3/c1-5-19-15(17)14-8-6-7-13(11-14)9-10-16(4,18)12(2)3/h6-8,11-12,18H,5H2,1-4H3. The van der Waals surface area contributed by atoms with Gasteiger partial charge in [0.1, 0.15) is 5.60 Å². The van der Waals surface area contributed by atoms with Crippen LogP contribution < -0.4 is 0 Å². The zero-order valence-corrected chi connectivity index (χ0v) is 11.9. The van der Waals surface area contributed by atoms with Crippen molar-refractivity contribution < 1.29 is 14.6 Å². The SMILES string of the molecule is CCOC(=O)c1cccc(C#CC(C)(O)C(C)C)c1. The second kappa shape index (κ2) is 6.40. The Morgan fingerprint density at radius 2 is 2.16 bits per heavy atom. The number of ether oxygens (including phenoxy) is 1. The molecule has 1 unspecified atom stereocenters. The van der Waals surface area contributed by atoms with E-state index in [-0.39, 0.29) is 11.9 Å². The molecule has 102 valence electrons. The minimum absolute atomic E-state index is 0.0354. The lowest BCUT2D eigenvalue weighted by molar-refractivity contribution is 0.0526. The fourth-order valence-corrected chi connectivity index (χ4v) is 1.28. The van der Waals surface area contributed by atoms with Crippen molar-refractivity contribution in [3.8, 4) is 11.8 Å². The second-order valence-corrected chi connectivity index (χ2v) is 4.85. The molecule has 0 radical (unpaired) electrons. The van der Waals surface area contributed by atoms with Gasteiger partial charge >= 0.3 is 5.97 Å². The fourth-order valence-electron chi connectivity index (χ4n) is 1.28. The topological polar surface area (TPSA) is 46.5 Å². The van der Waals surface area contributed by atoms with Crippen LogP contribution in [0.5, 0.6) is 0 Å². The molecule has 0 aromatic heterocycles. The maximum atomic E-state index is 11.6. The monoisotopic (exact) mass is 260 g/mol. The molecule has 1 aromatic carbocycles. The minimum atomic E-state index is -1.04. The van der Waals surface area contributed by atoms with Crippen molar-refractivity contribution >= 4 is 5.97 Å². The number of rotatable bonds is 3. The summed E-state index contributed by atoms with van der Waals surface area (Å²) in [4.78, 5) is 11.6. The Balaban J connectivity index is 2.96. The van der Waals surface area contributed by atoms with E-state index < -0.39 is 5.60 Å². The average Bonchev–Trinajstić information content (AvgIpc) is 2.37. The molecule has 1 atom stereocenters. The molecule has 19 heavy (non-hydrogen) atoms. The van der Waals surface area contributed by atoms with Crippen molar-refractivity contribution in [1.82, 2.24) is 0 Å². The van der Waals surface area contributed by atoms with E-state index in [0.717, 1.165) is 0 Å². The zero-order valence-electron chi connectivity index (χ0n) is 11.9. The van der Waals surface area contributed by atoms with Gasteiger partial charge < -0.3 is 9.84 Å². The number of esters is 1. The van der Waals surface area contributed by atoms with Crippen LogP contribution >= 0.6 is 0 Å². The van der Waals surface area contributed by atoms with Crippen LogP contribution in [0, 0.1) is 17.8 Å². The third kappa shape index (κ3) is 4.42. The first kappa shape index (κ1) is 15.3. The molecule has 0 bridgehead atoms. The predicted octanol–water partition coefficient (Wildman–Crippen LogP) is 2.62. The fraction of sp³-hybridized carbons (Fsp3) is 0.438. The number of hydrogen-bond acceptors (Lipinski definition) is 3. The summed E-state index contributed by atoms with van der Waals surface area (Å²) < 4.78 is 4.93. The molecule has 0 amide bonds. The third-order valence-electron chi connectivity index (χ3n) is 2.96. The quantitative estimate of drug-likeness (QED) is 0.671. The largest absolute Gasteiger partial charge is 0.462 e. The molecule has 0 saturated heterocycles. The summed E-state index contributed by atoms with van der Waals surface area (Å²) in [5, 5.41) is 10.1. The molecule has 0 aliphatic heterocycles. The molecule has 1 aromatic rings. The van der Waals surface area contributed by atoms with Gasteiger partial charge in [0.15, 0.2) is 0 Å². The van der Waals surface area contributed by atoms with Gasteiger partial charge in [-0.2, -0.15) is 0 Å². The molecule has 0 spiro atoms. The van der Waals surface area contributed by atoms with Gasteiger partial charge in [-0.15, -0.1) is 0 Å². The Morgan fingerprint density at radius 3 is 2.74 bits per heavy atom. The number of benzene rings is 1. The van der Waals surface area contributed by atoms with E-state index in [9.17, 15) is 9.90 Å². The van der Waals surface area contributed by atoms with Crippen LogP contribution in [0.15, 0.2) is 24.3 Å². The summed E-state index contributed by atoms with van der Waals surface area (Å²) in [7, 11) is 0. The van der Waals surface area contributed by atoms with E-state index in [1.54, 1.807) is 38.1 Å². The van der Waals surface area contributed by atoms with Crippen LogP contribution in [0.3, 0.4) is 0 Å². The van der Waals surface area contributed by atoms with Crippen LogP contribution in [-0.2, 0) is 4.74 Å². The number of carbonyl (C=O) groups is 1. The van der Waals surface area contributed by atoms with Gasteiger partial charge in [0.25, 0.3) is 0 Å².